The summed E-state index contributed by atoms with van der Waals surface area (Å²) in [5, 5.41) is 3.49. The van der Waals surface area contributed by atoms with Crippen LogP contribution in [0.4, 0.5) is 19.0 Å². The van der Waals surface area contributed by atoms with Gasteiger partial charge in [0.2, 0.25) is 10.0 Å². The molecule has 41 heavy (non-hydrogen) atoms. The van der Waals surface area contributed by atoms with Gasteiger partial charge >= 0.3 is 6.18 Å². The van der Waals surface area contributed by atoms with E-state index in [2.05, 4.69) is 22.1 Å². The first-order valence-corrected chi connectivity index (χ1v) is 15.1. The lowest BCUT2D eigenvalue weighted by molar-refractivity contribution is -0.137. The summed E-state index contributed by atoms with van der Waals surface area (Å²) in [7, 11) is -3.72. The number of hydrogen-bond donors (Lipinski definition) is 2. The minimum atomic E-state index is -4.46. The highest BCUT2D eigenvalue weighted by atomic mass is 35.5. The highest BCUT2D eigenvalue weighted by molar-refractivity contribution is 7.89. The van der Waals surface area contributed by atoms with Gasteiger partial charge in [-0.3, -0.25) is 4.90 Å². The fourth-order valence-corrected chi connectivity index (χ4v) is 6.97. The highest BCUT2D eigenvalue weighted by Gasteiger charge is 2.33. The molecule has 2 aliphatic heterocycles. The number of nitrogens with two attached hydrogens (primary N) is 1. The molecule has 3 heterocycles. The lowest BCUT2D eigenvalue weighted by atomic mass is 9.98. The van der Waals surface area contributed by atoms with Crippen LogP contribution in [0.5, 0.6) is 0 Å². The van der Waals surface area contributed by atoms with Gasteiger partial charge in [-0.15, -0.1) is 24.8 Å². The third-order valence-electron chi connectivity index (χ3n) is 7.75. The molecule has 2 fully saturated rings. The molecule has 2 saturated heterocycles. The largest absolute Gasteiger partial charge is 0.416 e. The molecule has 0 radical (unpaired) electrons. The smallest absolute Gasteiger partial charge is 0.354 e. The maximum atomic E-state index is 13.3. The van der Waals surface area contributed by atoms with E-state index in [0.717, 1.165) is 69.2 Å². The van der Waals surface area contributed by atoms with Crippen LogP contribution < -0.4 is 16.0 Å². The third kappa shape index (κ3) is 8.92. The van der Waals surface area contributed by atoms with Crippen LogP contribution in [-0.4, -0.2) is 87.0 Å². The summed E-state index contributed by atoms with van der Waals surface area (Å²) in [6, 6.07) is 9.88. The van der Waals surface area contributed by atoms with E-state index in [9.17, 15) is 21.6 Å². The third-order valence-corrected chi connectivity index (χ3v) is 9.66. The molecule has 2 unspecified atom stereocenters. The van der Waals surface area contributed by atoms with Gasteiger partial charge in [0.25, 0.3) is 0 Å². The molecule has 0 spiro atoms. The monoisotopic (exact) mass is 640 g/mol. The first-order valence-electron chi connectivity index (χ1n) is 13.7. The SMILES string of the molecule is CCC(CCCN)N1CCNCC1Cc1ccc(S(=O)(=O)N2CCN(c3cc(C(F)(F)F)ccn3)CC2)cc1.Cl.Cl. The van der Waals surface area contributed by atoms with Crippen LogP contribution in [0.3, 0.4) is 0 Å². The molecule has 0 bridgehead atoms. The van der Waals surface area contributed by atoms with Crippen molar-refractivity contribution in [3.63, 3.8) is 0 Å². The summed E-state index contributed by atoms with van der Waals surface area (Å²) in [4.78, 5) is 8.55. The molecule has 4 rings (SSSR count). The summed E-state index contributed by atoms with van der Waals surface area (Å²) < 4.78 is 67.2. The maximum absolute atomic E-state index is 13.3. The van der Waals surface area contributed by atoms with Crippen LogP contribution in [0, 0.1) is 0 Å². The van der Waals surface area contributed by atoms with Crippen molar-refractivity contribution in [2.75, 3.05) is 57.3 Å². The second-order valence-corrected chi connectivity index (χ2v) is 12.2. The van der Waals surface area contributed by atoms with Gasteiger partial charge in [0.1, 0.15) is 5.82 Å². The number of anilines is 1. The number of halogens is 5. The Kier molecular flexibility index (Phi) is 13.6. The van der Waals surface area contributed by atoms with Crippen LogP contribution in [0.1, 0.15) is 37.3 Å². The second-order valence-electron chi connectivity index (χ2n) is 10.2. The Morgan fingerprint density at radius 1 is 1.07 bits per heavy atom. The predicted molar refractivity (Wildman–Crippen MR) is 161 cm³/mol. The Bertz CT molecular complexity index is 1180. The number of piperazine rings is 2. The van der Waals surface area contributed by atoms with Crippen LogP contribution in [0.15, 0.2) is 47.5 Å². The van der Waals surface area contributed by atoms with Crippen molar-refractivity contribution in [2.45, 2.75) is 55.8 Å². The van der Waals surface area contributed by atoms with Gasteiger partial charge in [-0.05, 0) is 62.1 Å². The Morgan fingerprint density at radius 2 is 1.76 bits per heavy atom. The second kappa shape index (κ2) is 15.7. The maximum Gasteiger partial charge on any atom is 0.416 e. The lowest BCUT2D eigenvalue weighted by Gasteiger charge is -2.41. The number of nitrogens with one attached hydrogen (secondary N) is 1. The Labute approximate surface area is 253 Å². The molecule has 0 aliphatic carbocycles. The summed E-state index contributed by atoms with van der Waals surface area (Å²) in [6.07, 6.45) is 0.668. The average Bonchev–Trinajstić information content (AvgIpc) is 2.94. The number of sulfonamides is 1. The van der Waals surface area contributed by atoms with Crippen molar-refractivity contribution in [3.8, 4) is 0 Å². The summed E-state index contributed by atoms with van der Waals surface area (Å²) in [5.74, 6) is 0.200. The van der Waals surface area contributed by atoms with Gasteiger partial charge in [0, 0.05) is 64.1 Å². The van der Waals surface area contributed by atoms with Crippen molar-refractivity contribution in [2.24, 2.45) is 5.73 Å². The molecule has 8 nitrogen and oxygen atoms in total. The van der Waals surface area contributed by atoms with Gasteiger partial charge in [0.15, 0.2) is 0 Å². The van der Waals surface area contributed by atoms with Gasteiger partial charge in [0.05, 0.1) is 10.5 Å². The van der Waals surface area contributed by atoms with Gasteiger partial charge < -0.3 is 16.0 Å². The highest BCUT2D eigenvalue weighted by Crippen LogP contribution is 2.31. The van der Waals surface area contributed by atoms with Crippen LogP contribution in [-0.2, 0) is 22.6 Å². The van der Waals surface area contributed by atoms with Crippen molar-refractivity contribution in [3.05, 3.63) is 53.7 Å². The number of alkyl halides is 3. The molecule has 14 heteroatoms. The summed E-state index contributed by atoms with van der Waals surface area (Å²) >= 11 is 0. The van der Waals surface area contributed by atoms with Crippen molar-refractivity contribution >= 4 is 40.7 Å². The number of pyridine rings is 1. The van der Waals surface area contributed by atoms with E-state index in [1.54, 1.807) is 17.0 Å². The Hall–Kier alpha value is -1.67. The number of hydrogen-bond acceptors (Lipinski definition) is 7. The average molecular weight is 642 g/mol. The molecular formula is C27H41Cl2F3N6O2S. The lowest BCUT2D eigenvalue weighted by Crippen LogP contribution is -2.56. The Morgan fingerprint density at radius 3 is 2.37 bits per heavy atom. The molecule has 2 aromatic rings. The molecule has 232 valence electrons. The zero-order chi connectivity index (χ0) is 28.0. The number of benzene rings is 1. The molecular weight excluding hydrogens is 600 g/mol. The predicted octanol–water partition coefficient (Wildman–Crippen LogP) is 3.79. The molecule has 0 amide bonds. The quantitative estimate of drug-likeness (QED) is 0.408. The Balaban J connectivity index is 0.00000294. The minimum absolute atomic E-state index is 0. The zero-order valence-corrected chi connectivity index (χ0v) is 25.7. The number of aromatic nitrogens is 1. The first kappa shape index (κ1) is 35.5. The molecule has 1 aromatic heterocycles. The normalized spacial score (nSPS) is 19.7. The molecule has 2 aliphatic rings. The molecule has 2 atom stereocenters. The van der Waals surface area contributed by atoms with E-state index >= 15 is 0 Å². The van der Waals surface area contributed by atoms with Gasteiger partial charge in [-0.2, -0.15) is 17.5 Å². The molecule has 3 N–H and O–H groups in total. The van der Waals surface area contributed by atoms with Crippen molar-refractivity contribution in [1.29, 1.82) is 0 Å². The van der Waals surface area contributed by atoms with E-state index < -0.39 is 21.8 Å². The van der Waals surface area contributed by atoms with E-state index in [1.807, 2.05) is 12.1 Å². The summed E-state index contributed by atoms with van der Waals surface area (Å²) in [6.45, 7) is 6.63. The van der Waals surface area contributed by atoms with Crippen LogP contribution in [0.2, 0.25) is 0 Å². The van der Waals surface area contributed by atoms with Crippen molar-refractivity contribution in [1.82, 2.24) is 19.5 Å². The number of rotatable bonds is 10. The van der Waals surface area contributed by atoms with Crippen LogP contribution >= 0.6 is 24.8 Å². The van der Waals surface area contributed by atoms with E-state index in [-0.39, 0.29) is 61.7 Å². The van der Waals surface area contributed by atoms with Gasteiger partial charge in [-0.1, -0.05) is 19.1 Å². The van der Waals surface area contributed by atoms with Gasteiger partial charge in [-0.25, -0.2) is 13.4 Å². The standard InChI is InChI=1S/C27H39F3N6O2S.2ClH/c1-2-23(4-3-10-31)36-13-12-32-20-24(36)18-21-5-7-25(8-6-21)39(37,38)35-16-14-34(15-17-35)26-19-22(9-11-33-26)27(28,29)30;;/h5-9,11,19,23-24,32H,2-4,10,12-18,20,31H2,1H3;2*1H. The van der Waals surface area contributed by atoms with Crippen molar-refractivity contribution < 1.29 is 21.6 Å². The molecule has 0 saturated carbocycles. The van der Waals surface area contributed by atoms with E-state index in [0.29, 0.717) is 18.6 Å². The fraction of sp³-hybridized carbons (Fsp3) is 0.593. The fourth-order valence-electron chi connectivity index (χ4n) is 5.55. The van der Waals surface area contributed by atoms with Crippen LogP contribution in [0.25, 0.3) is 0 Å². The summed E-state index contributed by atoms with van der Waals surface area (Å²) in [5.41, 5.74) is 6.07. The molecule has 1 aromatic carbocycles. The zero-order valence-electron chi connectivity index (χ0n) is 23.2. The first-order chi connectivity index (χ1) is 18.6. The van der Waals surface area contributed by atoms with E-state index in [1.165, 1.54) is 4.31 Å². The topological polar surface area (TPSA) is 94.8 Å². The minimum Gasteiger partial charge on any atom is -0.354 e. The van der Waals surface area contributed by atoms with E-state index in [4.69, 9.17) is 5.73 Å². The number of nitrogens with zero attached hydrogens (tertiary/aromatic N) is 4.